The lowest BCUT2D eigenvalue weighted by Gasteiger charge is -2.28. The quantitative estimate of drug-likeness (QED) is 0.134. The molecule has 0 radical (unpaired) electrons. The zero-order valence-corrected chi connectivity index (χ0v) is 19.6. The third-order valence-corrected chi connectivity index (χ3v) is 7.20. The van der Waals surface area contributed by atoms with Crippen LogP contribution >= 0.6 is 0 Å². The maximum atomic E-state index is 12.2. The highest BCUT2D eigenvalue weighted by Gasteiger charge is 2.15. The second-order valence-corrected chi connectivity index (χ2v) is 9.61. The minimum atomic E-state index is -2.34. The molecular weight excluding hydrogens is 434 g/mol. The first-order valence-corrected chi connectivity index (χ1v) is 12.8. The largest absolute Gasteiger partial charge is 0.755 e. The third kappa shape index (κ3) is 5.45. The zero-order chi connectivity index (χ0) is 23.2. The van der Waals surface area contributed by atoms with E-state index >= 15 is 0 Å². The van der Waals surface area contributed by atoms with Crippen molar-refractivity contribution in [3.63, 3.8) is 0 Å². The molecule has 1 N–H and O–H groups in total. The number of carbonyl (C=O) groups is 1. The van der Waals surface area contributed by atoms with Gasteiger partial charge in [-0.25, -0.2) is 0 Å². The number of carboxylic acid groups (broad SMARTS) is 1. The van der Waals surface area contributed by atoms with Crippen molar-refractivity contribution >= 4 is 55.2 Å². The Morgan fingerprint density at radius 3 is 1.94 bits per heavy atom. The molecule has 1 atom stereocenters. The van der Waals surface area contributed by atoms with Crippen LogP contribution in [0.15, 0.2) is 54.6 Å². The van der Waals surface area contributed by atoms with Crippen LogP contribution in [0.25, 0.3) is 32.3 Å². The van der Waals surface area contributed by atoms with Gasteiger partial charge in [0, 0.05) is 29.6 Å². The van der Waals surface area contributed by atoms with Crippen LogP contribution in [0, 0.1) is 0 Å². The number of aliphatic carboxylic acids is 1. The first kappa shape index (κ1) is 23.5. The molecule has 174 valence electrons. The second-order valence-electron chi connectivity index (χ2n) is 8.73. The minimum absolute atomic E-state index is 0.255. The van der Waals surface area contributed by atoms with E-state index in [1.807, 2.05) is 18.2 Å². The Hall–Kier alpha value is -2.70. The van der Waals surface area contributed by atoms with Crippen LogP contribution in [0.2, 0.25) is 0 Å². The van der Waals surface area contributed by atoms with Gasteiger partial charge in [-0.05, 0) is 45.8 Å². The van der Waals surface area contributed by atoms with Crippen LogP contribution in [0.3, 0.4) is 0 Å². The zero-order valence-electron chi connectivity index (χ0n) is 18.8. The lowest BCUT2D eigenvalue weighted by molar-refractivity contribution is -0.137. The normalized spacial score (nSPS) is 12.6. The van der Waals surface area contributed by atoms with Crippen LogP contribution in [-0.4, -0.2) is 26.4 Å². The van der Waals surface area contributed by atoms with Gasteiger partial charge < -0.3 is 14.0 Å². The number of nitrogens with zero attached hydrogens (tertiary/aromatic N) is 1. The summed E-state index contributed by atoms with van der Waals surface area (Å²) >= 11 is -2.34. The Balaban J connectivity index is 1.40. The van der Waals surface area contributed by atoms with Crippen LogP contribution in [0.1, 0.15) is 57.8 Å². The topological polar surface area (TPSA) is 80.7 Å². The van der Waals surface area contributed by atoms with Crippen LogP contribution in [0.5, 0.6) is 0 Å². The van der Waals surface area contributed by atoms with Crippen molar-refractivity contribution < 1.29 is 18.7 Å². The first-order chi connectivity index (χ1) is 16.1. The number of unbranched alkanes of at least 4 members (excludes halogenated alkanes) is 7. The molecule has 5 nitrogen and oxygen atoms in total. The van der Waals surface area contributed by atoms with Crippen molar-refractivity contribution in [2.24, 2.45) is 0 Å². The molecule has 0 aromatic heterocycles. The van der Waals surface area contributed by atoms with E-state index in [2.05, 4.69) is 36.4 Å². The molecule has 0 aliphatic rings. The molecule has 0 bridgehead atoms. The predicted octanol–water partition coefficient (Wildman–Crippen LogP) is 6.78. The molecule has 1 unspecified atom stereocenters. The average Bonchev–Trinajstić information content (AvgIpc) is 2.81. The Morgan fingerprint density at radius 1 is 0.758 bits per heavy atom. The highest BCUT2D eigenvalue weighted by atomic mass is 32.2. The molecule has 6 heteroatoms. The molecule has 0 saturated carbocycles. The molecule has 0 spiro atoms. The molecule has 4 rings (SSSR count). The highest BCUT2D eigenvalue weighted by molar-refractivity contribution is 7.80. The molecule has 0 aliphatic carbocycles. The van der Waals surface area contributed by atoms with E-state index in [1.165, 1.54) is 20.5 Å². The second kappa shape index (κ2) is 10.9. The summed E-state index contributed by atoms with van der Waals surface area (Å²) in [5.74, 6) is -0.722. The predicted molar refractivity (Wildman–Crippen MR) is 136 cm³/mol. The minimum Gasteiger partial charge on any atom is -0.755 e. The lowest BCUT2D eigenvalue weighted by atomic mass is 9.93. The number of benzene rings is 4. The monoisotopic (exact) mass is 464 g/mol. The summed E-state index contributed by atoms with van der Waals surface area (Å²) in [6.07, 6.45) is 8.10. The summed E-state index contributed by atoms with van der Waals surface area (Å²) in [4.78, 5) is 10.5. The van der Waals surface area contributed by atoms with Gasteiger partial charge in [0.05, 0.1) is 5.69 Å². The molecule has 0 aliphatic heterocycles. The molecule has 4 aromatic rings. The Bertz CT molecular complexity index is 1240. The number of hydrogen-bond donors (Lipinski definition) is 1. The van der Waals surface area contributed by atoms with Crippen molar-refractivity contribution in [1.29, 1.82) is 0 Å². The molecule has 33 heavy (non-hydrogen) atoms. The molecule has 0 amide bonds. The van der Waals surface area contributed by atoms with E-state index in [-0.39, 0.29) is 6.42 Å². The summed E-state index contributed by atoms with van der Waals surface area (Å²) < 4.78 is 25.8. The van der Waals surface area contributed by atoms with Crippen LogP contribution in [0.4, 0.5) is 5.69 Å². The number of anilines is 1. The summed E-state index contributed by atoms with van der Waals surface area (Å²) in [5.41, 5.74) is 0.743. The molecule has 0 fully saturated rings. The number of hydrogen-bond acceptors (Lipinski definition) is 3. The van der Waals surface area contributed by atoms with Gasteiger partial charge in [0.2, 0.25) is 0 Å². The summed E-state index contributed by atoms with van der Waals surface area (Å²) in [6.45, 7) is 0.471. The fraction of sp³-hybridized carbons (Fsp3) is 0.370. The Morgan fingerprint density at radius 2 is 1.30 bits per heavy atom. The highest BCUT2D eigenvalue weighted by Crippen LogP contribution is 2.39. The lowest BCUT2D eigenvalue weighted by Crippen LogP contribution is -2.26. The van der Waals surface area contributed by atoms with Crippen LogP contribution < -0.4 is 4.31 Å². The SMILES string of the molecule is O=C(O)CCCCCCCCCCN(c1ccc2ccc3cccc4ccc1c2c34)S(=O)[O-]. The Kier molecular flexibility index (Phi) is 7.78. The Labute approximate surface area is 197 Å². The standard InChI is InChI=1S/C27H31NO4S/c29-25(30)12-7-5-3-1-2-4-6-8-19-28(33(31)32)24-18-16-22-14-13-20-10-9-11-21-15-17-23(24)27(22)26(20)21/h9-11,13-18H,1-8,12,19H2,(H,29,30)(H,31,32)/p-1. The van der Waals surface area contributed by atoms with Crippen molar-refractivity contribution in [3.05, 3.63) is 54.6 Å². The van der Waals surface area contributed by atoms with Crippen molar-refractivity contribution in [1.82, 2.24) is 0 Å². The van der Waals surface area contributed by atoms with Gasteiger partial charge in [-0.15, -0.1) is 0 Å². The van der Waals surface area contributed by atoms with E-state index < -0.39 is 17.2 Å². The molecule has 0 saturated heterocycles. The maximum Gasteiger partial charge on any atom is 0.303 e. The number of rotatable bonds is 13. The first-order valence-electron chi connectivity index (χ1n) is 11.8. The van der Waals surface area contributed by atoms with Gasteiger partial charge in [0.15, 0.2) is 0 Å². The fourth-order valence-corrected chi connectivity index (χ4v) is 5.40. The van der Waals surface area contributed by atoms with E-state index in [0.29, 0.717) is 6.54 Å². The van der Waals surface area contributed by atoms with Gasteiger partial charge in [-0.1, -0.05) is 87.1 Å². The molecule has 0 heterocycles. The molecule has 4 aromatic carbocycles. The fourth-order valence-electron chi connectivity index (χ4n) is 4.80. The molecular formula is C27H30NO4S-. The van der Waals surface area contributed by atoms with Gasteiger partial charge in [0.25, 0.3) is 0 Å². The van der Waals surface area contributed by atoms with Crippen molar-refractivity contribution in [2.75, 3.05) is 10.8 Å². The van der Waals surface area contributed by atoms with Crippen molar-refractivity contribution in [3.8, 4) is 0 Å². The van der Waals surface area contributed by atoms with Crippen LogP contribution in [-0.2, 0) is 16.1 Å². The summed E-state index contributed by atoms with van der Waals surface area (Å²) in [6, 6.07) is 18.6. The van der Waals surface area contributed by atoms with E-state index in [4.69, 9.17) is 5.11 Å². The number of carboxylic acids is 1. The van der Waals surface area contributed by atoms with Gasteiger partial charge in [-0.3, -0.25) is 9.00 Å². The van der Waals surface area contributed by atoms with Crippen molar-refractivity contribution in [2.45, 2.75) is 57.8 Å². The summed E-state index contributed by atoms with van der Waals surface area (Å²) in [5, 5.41) is 15.4. The average molecular weight is 465 g/mol. The van der Waals surface area contributed by atoms with E-state index in [0.717, 1.165) is 73.2 Å². The van der Waals surface area contributed by atoms with Gasteiger partial charge >= 0.3 is 5.97 Å². The summed E-state index contributed by atoms with van der Waals surface area (Å²) in [7, 11) is 0. The third-order valence-electron chi connectivity index (χ3n) is 6.46. The smallest absolute Gasteiger partial charge is 0.303 e. The van der Waals surface area contributed by atoms with Gasteiger partial charge in [0.1, 0.15) is 0 Å². The van der Waals surface area contributed by atoms with E-state index in [1.54, 1.807) is 0 Å². The van der Waals surface area contributed by atoms with Gasteiger partial charge in [-0.2, -0.15) is 0 Å². The van der Waals surface area contributed by atoms with E-state index in [9.17, 15) is 13.6 Å². The maximum absolute atomic E-state index is 12.2.